The van der Waals surface area contributed by atoms with E-state index >= 15 is 0 Å². The van der Waals surface area contributed by atoms with Gasteiger partial charge in [0.05, 0.1) is 0 Å². The minimum Gasteiger partial charge on any atom is -0.508 e. The van der Waals surface area contributed by atoms with Gasteiger partial charge in [-0.1, -0.05) is 11.6 Å². The third-order valence-electron chi connectivity index (χ3n) is 1.65. The standard InChI is InChI=1S/C9H7ClN2O/c10-7-3-6(4-8(13)5-7)9-11-1-2-12-9/h1-5,13H,(H,11,12). The summed E-state index contributed by atoms with van der Waals surface area (Å²) < 4.78 is 0. The molecule has 0 fully saturated rings. The van der Waals surface area contributed by atoms with Crippen molar-refractivity contribution in [3.63, 3.8) is 0 Å². The molecule has 1 heterocycles. The summed E-state index contributed by atoms with van der Waals surface area (Å²) in [6.45, 7) is 0. The fourth-order valence-corrected chi connectivity index (χ4v) is 1.36. The Balaban J connectivity index is 2.53. The van der Waals surface area contributed by atoms with Gasteiger partial charge in [0.25, 0.3) is 0 Å². The number of nitrogens with zero attached hydrogens (tertiary/aromatic N) is 1. The summed E-state index contributed by atoms with van der Waals surface area (Å²) in [6.07, 6.45) is 3.36. The van der Waals surface area contributed by atoms with Crippen LogP contribution in [0.3, 0.4) is 0 Å². The molecule has 0 spiro atoms. The van der Waals surface area contributed by atoms with E-state index in [1.807, 2.05) is 0 Å². The summed E-state index contributed by atoms with van der Waals surface area (Å²) in [7, 11) is 0. The Bertz CT molecular complexity index is 391. The highest BCUT2D eigenvalue weighted by atomic mass is 35.5. The highest BCUT2D eigenvalue weighted by Gasteiger charge is 2.02. The first-order chi connectivity index (χ1) is 6.25. The number of H-pyrrole nitrogens is 1. The summed E-state index contributed by atoms with van der Waals surface area (Å²) in [5.74, 6) is 0.830. The molecule has 0 radical (unpaired) electrons. The third kappa shape index (κ3) is 1.65. The minimum atomic E-state index is 0.138. The molecule has 0 saturated heterocycles. The van der Waals surface area contributed by atoms with Gasteiger partial charge in [0.2, 0.25) is 0 Å². The largest absolute Gasteiger partial charge is 0.508 e. The summed E-state index contributed by atoms with van der Waals surface area (Å²) in [4.78, 5) is 6.97. The van der Waals surface area contributed by atoms with Crippen LogP contribution in [0.2, 0.25) is 5.02 Å². The highest BCUT2D eigenvalue weighted by Crippen LogP contribution is 2.25. The highest BCUT2D eigenvalue weighted by molar-refractivity contribution is 6.31. The van der Waals surface area contributed by atoms with Gasteiger partial charge >= 0.3 is 0 Å². The molecule has 0 aliphatic heterocycles. The van der Waals surface area contributed by atoms with E-state index in [4.69, 9.17) is 11.6 Å². The fourth-order valence-electron chi connectivity index (χ4n) is 1.13. The van der Waals surface area contributed by atoms with Gasteiger partial charge in [-0.25, -0.2) is 4.98 Å². The normalized spacial score (nSPS) is 10.2. The second-order valence-corrected chi connectivity index (χ2v) is 3.07. The average molecular weight is 195 g/mol. The lowest BCUT2D eigenvalue weighted by Gasteiger charge is -1.99. The molecule has 0 aliphatic rings. The number of aromatic amines is 1. The van der Waals surface area contributed by atoms with Crippen molar-refractivity contribution in [2.75, 3.05) is 0 Å². The number of benzene rings is 1. The van der Waals surface area contributed by atoms with Crippen LogP contribution in [0.25, 0.3) is 11.4 Å². The monoisotopic (exact) mass is 194 g/mol. The van der Waals surface area contributed by atoms with Gasteiger partial charge in [0.15, 0.2) is 0 Å². The quantitative estimate of drug-likeness (QED) is 0.733. The molecule has 2 N–H and O–H groups in total. The maximum absolute atomic E-state index is 9.27. The molecule has 0 saturated carbocycles. The van der Waals surface area contributed by atoms with E-state index in [1.54, 1.807) is 24.5 Å². The SMILES string of the molecule is Oc1cc(Cl)cc(-c2ncc[nH]2)c1. The number of aromatic hydroxyl groups is 1. The fraction of sp³-hybridized carbons (Fsp3) is 0. The van der Waals surface area contributed by atoms with Crippen LogP contribution in [0.1, 0.15) is 0 Å². The smallest absolute Gasteiger partial charge is 0.137 e. The van der Waals surface area contributed by atoms with Crippen molar-refractivity contribution in [2.45, 2.75) is 0 Å². The number of phenolic OH excluding ortho intramolecular Hbond substituents is 1. The molecule has 0 aliphatic carbocycles. The van der Waals surface area contributed by atoms with Crippen molar-refractivity contribution >= 4 is 11.6 Å². The van der Waals surface area contributed by atoms with Crippen LogP contribution in [0, 0.1) is 0 Å². The number of imidazole rings is 1. The Kier molecular flexibility index (Phi) is 1.94. The lowest BCUT2D eigenvalue weighted by molar-refractivity contribution is 0.475. The molecule has 3 nitrogen and oxygen atoms in total. The number of hydrogen-bond donors (Lipinski definition) is 2. The second-order valence-electron chi connectivity index (χ2n) is 2.64. The van der Waals surface area contributed by atoms with Gasteiger partial charge in [-0.3, -0.25) is 0 Å². The van der Waals surface area contributed by atoms with Crippen molar-refractivity contribution < 1.29 is 5.11 Å². The average Bonchev–Trinajstić information content (AvgIpc) is 2.53. The predicted molar refractivity (Wildman–Crippen MR) is 50.7 cm³/mol. The first kappa shape index (κ1) is 8.13. The van der Waals surface area contributed by atoms with E-state index in [9.17, 15) is 5.11 Å². The zero-order chi connectivity index (χ0) is 9.26. The van der Waals surface area contributed by atoms with Crippen LogP contribution in [-0.4, -0.2) is 15.1 Å². The molecule has 2 rings (SSSR count). The molecule has 1 aromatic carbocycles. The number of hydrogen-bond acceptors (Lipinski definition) is 2. The van der Waals surface area contributed by atoms with E-state index in [2.05, 4.69) is 9.97 Å². The summed E-state index contributed by atoms with van der Waals surface area (Å²) in [6, 6.07) is 4.82. The van der Waals surface area contributed by atoms with Gasteiger partial charge in [-0.15, -0.1) is 0 Å². The van der Waals surface area contributed by atoms with Crippen LogP contribution in [0.15, 0.2) is 30.6 Å². The van der Waals surface area contributed by atoms with Crippen molar-refractivity contribution in [1.29, 1.82) is 0 Å². The molecule has 0 unspecified atom stereocenters. The number of nitrogens with one attached hydrogen (secondary N) is 1. The Morgan fingerprint density at radius 2 is 2.15 bits per heavy atom. The zero-order valence-electron chi connectivity index (χ0n) is 6.66. The molecule has 0 atom stereocenters. The van der Waals surface area contributed by atoms with Crippen molar-refractivity contribution in [1.82, 2.24) is 9.97 Å². The molecule has 0 amide bonds. The first-order valence-electron chi connectivity index (χ1n) is 3.75. The van der Waals surface area contributed by atoms with E-state index in [0.717, 1.165) is 5.56 Å². The molecule has 66 valence electrons. The van der Waals surface area contributed by atoms with Crippen molar-refractivity contribution in [3.8, 4) is 17.1 Å². The maximum Gasteiger partial charge on any atom is 0.137 e. The lowest BCUT2D eigenvalue weighted by atomic mass is 10.2. The summed E-state index contributed by atoms with van der Waals surface area (Å²) in [5, 5.41) is 9.76. The molecule has 13 heavy (non-hydrogen) atoms. The topological polar surface area (TPSA) is 48.9 Å². The Morgan fingerprint density at radius 3 is 2.77 bits per heavy atom. The van der Waals surface area contributed by atoms with E-state index in [0.29, 0.717) is 10.8 Å². The van der Waals surface area contributed by atoms with Gasteiger partial charge in [-0.05, 0) is 18.2 Å². The van der Waals surface area contributed by atoms with Crippen LogP contribution in [0.4, 0.5) is 0 Å². The van der Waals surface area contributed by atoms with Crippen LogP contribution in [-0.2, 0) is 0 Å². The molecular formula is C9H7ClN2O. The van der Waals surface area contributed by atoms with E-state index in [1.165, 1.54) is 6.07 Å². The molecule has 1 aromatic heterocycles. The number of aromatic nitrogens is 2. The van der Waals surface area contributed by atoms with Crippen LogP contribution in [0.5, 0.6) is 5.75 Å². The predicted octanol–water partition coefficient (Wildman–Crippen LogP) is 2.44. The second kappa shape index (κ2) is 3.11. The molecule has 0 bridgehead atoms. The number of phenols is 1. The third-order valence-corrected chi connectivity index (χ3v) is 1.87. The Labute approximate surface area is 80.0 Å². The zero-order valence-corrected chi connectivity index (χ0v) is 7.42. The molecule has 4 heteroatoms. The van der Waals surface area contributed by atoms with Crippen molar-refractivity contribution in [3.05, 3.63) is 35.6 Å². The van der Waals surface area contributed by atoms with Gasteiger partial charge in [-0.2, -0.15) is 0 Å². The minimum absolute atomic E-state index is 0.138. The van der Waals surface area contributed by atoms with Gasteiger partial charge in [0, 0.05) is 23.0 Å². The lowest BCUT2D eigenvalue weighted by Crippen LogP contribution is -1.79. The molecular weight excluding hydrogens is 188 g/mol. The van der Waals surface area contributed by atoms with Gasteiger partial charge in [0.1, 0.15) is 11.6 Å². The van der Waals surface area contributed by atoms with Gasteiger partial charge < -0.3 is 10.1 Å². The van der Waals surface area contributed by atoms with Crippen LogP contribution < -0.4 is 0 Å². The van der Waals surface area contributed by atoms with Crippen LogP contribution >= 0.6 is 11.6 Å². The van der Waals surface area contributed by atoms with E-state index < -0.39 is 0 Å². The Hall–Kier alpha value is -1.48. The first-order valence-corrected chi connectivity index (χ1v) is 4.13. The summed E-state index contributed by atoms with van der Waals surface area (Å²) >= 11 is 5.77. The maximum atomic E-state index is 9.27. The number of rotatable bonds is 1. The molecule has 2 aromatic rings. The van der Waals surface area contributed by atoms with E-state index in [-0.39, 0.29) is 5.75 Å². The van der Waals surface area contributed by atoms with Crippen molar-refractivity contribution in [2.24, 2.45) is 0 Å². The number of halogens is 1. The Morgan fingerprint density at radius 1 is 1.31 bits per heavy atom. The summed E-state index contributed by atoms with van der Waals surface area (Å²) in [5.41, 5.74) is 0.773.